The molecule has 226 valence electrons. The monoisotopic (exact) mass is 572 g/mol. The minimum absolute atomic E-state index is 0.0170. The normalized spacial score (nSPS) is 31.6. The molecule has 4 unspecified atom stereocenters. The Kier molecular flexibility index (Phi) is 8.53. The lowest BCUT2D eigenvalue weighted by atomic mass is 9.70. The van der Waals surface area contributed by atoms with Crippen molar-refractivity contribution in [2.45, 2.75) is 97.1 Å². The molecule has 4 fully saturated rings. The lowest BCUT2D eigenvalue weighted by molar-refractivity contribution is -0.157. The van der Waals surface area contributed by atoms with E-state index in [2.05, 4.69) is 17.6 Å². The third-order valence-electron chi connectivity index (χ3n) is 10.4. The van der Waals surface area contributed by atoms with Crippen LogP contribution in [0.4, 0.5) is 4.39 Å². The fourth-order valence-corrected chi connectivity index (χ4v) is 7.49. The van der Waals surface area contributed by atoms with Crippen LogP contribution in [0.15, 0.2) is 12.1 Å². The number of carbonyl (C=O) groups excluding carboxylic acids is 3. The summed E-state index contributed by atoms with van der Waals surface area (Å²) >= 11 is 0. The minimum Gasteiger partial charge on any atom is -0.496 e. The van der Waals surface area contributed by atoms with Crippen molar-refractivity contribution in [3.05, 3.63) is 23.5 Å². The zero-order valence-electron chi connectivity index (χ0n) is 24.9. The zero-order chi connectivity index (χ0) is 29.4. The summed E-state index contributed by atoms with van der Waals surface area (Å²) in [6, 6.07) is 2.32. The van der Waals surface area contributed by atoms with Gasteiger partial charge in [0.05, 0.1) is 36.7 Å². The van der Waals surface area contributed by atoms with Gasteiger partial charge in [0.15, 0.2) is 11.6 Å². The van der Waals surface area contributed by atoms with Crippen LogP contribution in [0.1, 0.15) is 95.3 Å². The topological polar surface area (TPSA) is 103 Å². The Balaban J connectivity index is 1.26. The van der Waals surface area contributed by atoms with Crippen molar-refractivity contribution in [2.24, 2.45) is 28.6 Å². The molecule has 8 nitrogen and oxygen atoms in total. The van der Waals surface area contributed by atoms with Crippen molar-refractivity contribution in [1.29, 1.82) is 0 Å². The summed E-state index contributed by atoms with van der Waals surface area (Å²) in [5, 5.41) is 6.32. The van der Waals surface area contributed by atoms with Gasteiger partial charge in [0, 0.05) is 18.7 Å². The molecule has 4 saturated carbocycles. The number of esters is 1. The van der Waals surface area contributed by atoms with Crippen LogP contribution in [0.3, 0.4) is 0 Å². The van der Waals surface area contributed by atoms with Crippen molar-refractivity contribution < 1.29 is 33.0 Å². The van der Waals surface area contributed by atoms with Crippen LogP contribution in [0, 0.1) is 34.4 Å². The highest BCUT2D eigenvalue weighted by atomic mass is 19.1. The minimum atomic E-state index is -0.612. The molecule has 1 aromatic rings. The molecule has 2 amide bonds. The first-order valence-electron chi connectivity index (χ1n) is 15.4. The van der Waals surface area contributed by atoms with E-state index in [0.29, 0.717) is 38.8 Å². The highest BCUT2D eigenvalue weighted by Crippen LogP contribution is 2.49. The van der Waals surface area contributed by atoms with Gasteiger partial charge in [0.1, 0.15) is 5.75 Å². The highest BCUT2D eigenvalue weighted by Gasteiger charge is 2.52. The molecule has 0 aromatic heterocycles. The summed E-state index contributed by atoms with van der Waals surface area (Å²) in [7, 11) is 1.40. The Hall–Kier alpha value is -2.84. The van der Waals surface area contributed by atoms with Crippen LogP contribution in [0.25, 0.3) is 0 Å². The quantitative estimate of drug-likeness (QED) is 0.375. The van der Waals surface area contributed by atoms with Gasteiger partial charge in [-0.15, -0.1) is 0 Å². The maximum Gasteiger partial charge on any atom is 0.311 e. The van der Waals surface area contributed by atoms with Crippen LogP contribution in [0.5, 0.6) is 11.5 Å². The summed E-state index contributed by atoms with van der Waals surface area (Å²) in [5.74, 6) is -0.845. The van der Waals surface area contributed by atoms with Gasteiger partial charge >= 0.3 is 5.97 Å². The van der Waals surface area contributed by atoms with E-state index in [1.807, 2.05) is 6.92 Å². The summed E-state index contributed by atoms with van der Waals surface area (Å²) in [5.41, 5.74) is -0.210. The largest absolute Gasteiger partial charge is 0.496 e. The Bertz CT molecular complexity index is 1160. The number of halogens is 1. The fraction of sp³-hybridized carbons (Fsp3) is 0.719. The number of ether oxygens (including phenoxy) is 3. The number of amides is 2. The number of methoxy groups -OCH3 is 1. The van der Waals surface area contributed by atoms with E-state index in [4.69, 9.17) is 14.2 Å². The van der Waals surface area contributed by atoms with Crippen molar-refractivity contribution in [3.63, 3.8) is 0 Å². The van der Waals surface area contributed by atoms with Gasteiger partial charge in [-0.1, -0.05) is 13.3 Å². The number of fused-ring (bicyclic) bond motifs is 2. The first kappa shape index (κ1) is 29.6. The molecule has 4 aliphatic carbocycles. The Morgan fingerprint density at radius 2 is 1.71 bits per heavy atom. The van der Waals surface area contributed by atoms with Gasteiger partial charge in [-0.3, -0.25) is 14.4 Å². The van der Waals surface area contributed by atoms with Gasteiger partial charge in [-0.25, -0.2) is 4.39 Å². The summed E-state index contributed by atoms with van der Waals surface area (Å²) in [6.07, 6.45) is 8.40. The molecule has 0 aliphatic heterocycles. The van der Waals surface area contributed by atoms with E-state index >= 15 is 4.39 Å². The van der Waals surface area contributed by atoms with Crippen LogP contribution in [-0.4, -0.2) is 50.2 Å². The molecule has 41 heavy (non-hydrogen) atoms. The van der Waals surface area contributed by atoms with E-state index in [0.717, 1.165) is 32.1 Å². The second-order valence-corrected chi connectivity index (χ2v) is 13.3. The number of hydrogen-bond acceptors (Lipinski definition) is 6. The average Bonchev–Trinajstić information content (AvgIpc) is 3.55. The van der Waals surface area contributed by atoms with Crippen LogP contribution in [-0.2, 0) is 14.3 Å². The van der Waals surface area contributed by atoms with Crippen molar-refractivity contribution in [3.8, 4) is 11.5 Å². The van der Waals surface area contributed by atoms with Crippen LogP contribution >= 0.6 is 0 Å². The number of hydrogen-bond donors (Lipinski definition) is 2. The van der Waals surface area contributed by atoms with Crippen molar-refractivity contribution >= 4 is 17.8 Å². The molecule has 0 radical (unpaired) electrons. The van der Waals surface area contributed by atoms with Gasteiger partial charge in [-0.2, -0.15) is 0 Å². The number of carbonyl (C=O) groups is 3. The smallest absolute Gasteiger partial charge is 0.311 e. The molecule has 0 heterocycles. The Morgan fingerprint density at radius 3 is 2.34 bits per heavy atom. The molecular formula is C32H45FN2O6. The van der Waals surface area contributed by atoms with Gasteiger partial charge in [-0.05, 0) is 95.0 Å². The molecule has 5 rings (SSSR count). The lowest BCUT2D eigenvalue weighted by Gasteiger charge is -2.39. The number of benzene rings is 1. The molecule has 2 bridgehead atoms. The van der Waals surface area contributed by atoms with Crippen molar-refractivity contribution in [2.75, 3.05) is 20.3 Å². The maximum absolute atomic E-state index is 15.1. The molecule has 4 aliphatic rings. The van der Waals surface area contributed by atoms with E-state index in [1.54, 1.807) is 6.92 Å². The zero-order valence-corrected chi connectivity index (χ0v) is 24.9. The molecule has 1 aromatic carbocycles. The predicted octanol–water partition coefficient (Wildman–Crippen LogP) is 5.18. The van der Waals surface area contributed by atoms with Gasteiger partial charge < -0.3 is 24.8 Å². The Morgan fingerprint density at radius 1 is 1.00 bits per heavy atom. The summed E-state index contributed by atoms with van der Waals surface area (Å²) in [4.78, 5) is 39.3. The fourth-order valence-electron chi connectivity index (χ4n) is 7.49. The van der Waals surface area contributed by atoms with E-state index in [1.165, 1.54) is 25.7 Å². The SMILES string of the molecule is CCOC(=O)C1(C)CCC(Oc2cc(C(=O)NC3C4CCC(C4)C3C(=O)NCC3(C)CCC3)c(OC)cc2F)CC1. The number of nitrogens with one attached hydrogen (secondary N) is 2. The third kappa shape index (κ3) is 6.05. The summed E-state index contributed by atoms with van der Waals surface area (Å²) in [6.45, 7) is 6.91. The average molecular weight is 573 g/mol. The van der Waals surface area contributed by atoms with E-state index in [9.17, 15) is 14.4 Å². The molecule has 0 spiro atoms. The van der Waals surface area contributed by atoms with Crippen LogP contribution < -0.4 is 20.1 Å². The lowest BCUT2D eigenvalue weighted by Crippen LogP contribution is -2.51. The second kappa shape index (κ2) is 11.8. The Labute approximate surface area is 242 Å². The predicted molar refractivity (Wildman–Crippen MR) is 151 cm³/mol. The first-order chi connectivity index (χ1) is 19.6. The molecule has 4 atom stereocenters. The highest BCUT2D eigenvalue weighted by molar-refractivity contribution is 5.98. The summed E-state index contributed by atoms with van der Waals surface area (Å²) < 4.78 is 31.7. The van der Waals surface area contributed by atoms with E-state index < -0.39 is 17.1 Å². The van der Waals surface area contributed by atoms with Gasteiger partial charge in [0.25, 0.3) is 5.91 Å². The second-order valence-electron chi connectivity index (χ2n) is 13.3. The van der Waals surface area contributed by atoms with Gasteiger partial charge in [0.2, 0.25) is 5.91 Å². The molecular weight excluding hydrogens is 527 g/mol. The molecule has 2 N–H and O–H groups in total. The maximum atomic E-state index is 15.1. The molecule has 9 heteroatoms. The van der Waals surface area contributed by atoms with E-state index in [-0.39, 0.29) is 64.3 Å². The standard InChI is InChI=1S/C32H45FN2O6/c1-5-40-30(38)32(3)13-9-21(10-14-32)41-25-16-22(24(39-4)17-23(25)33)28(36)35-27-20-8-7-19(15-20)26(27)29(37)34-18-31(2)11-6-12-31/h16-17,19-21,26-27H,5-15,18H2,1-4H3,(H,34,37)(H,35,36). The van der Waals surface area contributed by atoms with Crippen LogP contribution in [0.2, 0.25) is 0 Å². The molecule has 0 saturated heterocycles. The number of rotatable bonds is 10. The first-order valence-corrected chi connectivity index (χ1v) is 15.4. The van der Waals surface area contributed by atoms with Crippen molar-refractivity contribution in [1.82, 2.24) is 10.6 Å². The third-order valence-corrected chi connectivity index (χ3v) is 10.4.